The van der Waals surface area contributed by atoms with E-state index in [1.54, 1.807) is 12.1 Å². The molecule has 0 aliphatic rings. The highest BCUT2D eigenvalue weighted by molar-refractivity contribution is 6.30. The molecule has 24 heavy (non-hydrogen) atoms. The summed E-state index contributed by atoms with van der Waals surface area (Å²) in [6.07, 6.45) is 0. The number of halogens is 1. The van der Waals surface area contributed by atoms with E-state index >= 15 is 0 Å². The lowest BCUT2D eigenvalue weighted by Crippen LogP contribution is -2.00. The molecule has 0 atom stereocenters. The molecule has 0 unspecified atom stereocenters. The van der Waals surface area contributed by atoms with E-state index < -0.39 is 0 Å². The first-order valence-corrected chi connectivity index (χ1v) is 7.91. The molecule has 1 heterocycles. The number of anilines is 1. The third-order valence-electron chi connectivity index (χ3n) is 4.12. The van der Waals surface area contributed by atoms with Crippen LogP contribution in [0.2, 0.25) is 5.02 Å². The molecule has 3 nitrogen and oxygen atoms in total. The highest BCUT2D eigenvalue weighted by atomic mass is 35.5. The molecule has 3 aromatic rings. The number of benzene rings is 2. The third kappa shape index (κ3) is 2.97. The van der Waals surface area contributed by atoms with Gasteiger partial charge in [-0.15, -0.1) is 0 Å². The molecular weight excluding hydrogens is 318 g/mol. The Morgan fingerprint density at radius 3 is 2.25 bits per heavy atom. The van der Waals surface area contributed by atoms with Crippen LogP contribution in [-0.2, 0) is 0 Å². The molecule has 2 aromatic carbocycles. The van der Waals surface area contributed by atoms with Gasteiger partial charge in [0, 0.05) is 16.1 Å². The van der Waals surface area contributed by atoms with Gasteiger partial charge in [0.2, 0.25) is 0 Å². The fraction of sp³-hybridized carbons (Fsp3) is 0.100. The van der Waals surface area contributed by atoms with E-state index in [1.165, 1.54) is 11.1 Å². The van der Waals surface area contributed by atoms with Crippen LogP contribution >= 0.6 is 11.6 Å². The SMILES string of the molecule is Cc1ccc(-c2cc(-c3ccc(Cl)cc3)c(C#N)c(N)n2)cc1C. The van der Waals surface area contributed by atoms with E-state index in [4.69, 9.17) is 17.3 Å². The second-order valence-electron chi connectivity index (χ2n) is 5.73. The van der Waals surface area contributed by atoms with Crippen LogP contribution in [0.5, 0.6) is 0 Å². The van der Waals surface area contributed by atoms with Gasteiger partial charge in [-0.3, -0.25) is 0 Å². The lowest BCUT2D eigenvalue weighted by Gasteiger charge is -2.11. The number of nitrogens with two attached hydrogens (primary N) is 1. The minimum Gasteiger partial charge on any atom is -0.383 e. The normalized spacial score (nSPS) is 10.4. The van der Waals surface area contributed by atoms with Crippen LogP contribution < -0.4 is 5.73 Å². The molecule has 0 spiro atoms. The summed E-state index contributed by atoms with van der Waals surface area (Å²) in [4.78, 5) is 4.42. The van der Waals surface area contributed by atoms with Crippen LogP contribution in [0.25, 0.3) is 22.4 Å². The van der Waals surface area contributed by atoms with Crippen LogP contribution in [0.3, 0.4) is 0 Å². The van der Waals surface area contributed by atoms with Gasteiger partial charge >= 0.3 is 0 Å². The Kier molecular flexibility index (Phi) is 4.24. The maximum absolute atomic E-state index is 9.46. The first-order chi connectivity index (χ1) is 11.5. The van der Waals surface area contributed by atoms with Gasteiger partial charge in [-0.2, -0.15) is 5.26 Å². The molecule has 0 fully saturated rings. The van der Waals surface area contributed by atoms with Crippen molar-refractivity contribution in [3.05, 3.63) is 70.2 Å². The highest BCUT2D eigenvalue weighted by Gasteiger charge is 2.13. The van der Waals surface area contributed by atoms with Gasteiger partial charge in [-0.25, -0.2) is 4.98 Å². The zero-order valence-corrected chi connectivity index (χ0v) is 14.2. The van der Waals surface area contributed by atoms with Gasteiger partial charge in [-0.05, 0) is 54.8 Å². The number of aromatic nitrogens is 1. The van der Waals surface area contributed by atoms with Crippen molar-refractivity contribution in [2.45, 2.75) is 13.8 Å². The number of pyridine rings is 1. The summed E-state index contributed by atoms with van der Waals surface area (Å²) in [6.45, 7) is 4.13. The summed E-state index contributed by atoms with van der Waals surface area (Å²) >= 11 is 5.96. The van der Waals surface area contributed by atoms with E-state index in [0.29, 0.717) is 10.6 Å². The molecule has 0 saturated carbocycles. The van der Waals surface area contributed by atoms with Crippen LogP contribution in [0.1, 0.15) is 16.7 Å². The molecule has 0 amide bonds. The second-order valence-corrected chi connectivity index (χ2v) is 6.17. The Morgan fingerprint density at radius 2 is 1.62 bits per heavy atom. The van der Waals surface area contributed by atoms with Crippen LogP contribution in [-0.4, -0.2) is 4.98 Å². The van der Waals surface area contributed by atoms with Crippen molar-refractivity contribution in [2.75, 3.05) is 5.73 Å². The summed E-state index contributed by atoms with van der Waals surface area (Å²) in [5.41, 5.74) is 12.2. The number of hydrogen-bond acceptors (Lipinski definition) is 3. The van der Waals surface area contributed by atoms with Crippen molar-refractivity contribution in [3.8, 4) is 28.5 Å². The summed E-state index contributed by atoms with van der Waals surface area (Å²) in [5, 5.41) is 10.1. The molecule has 0 aliphatic carbocycles. The van der Waals surface area contributed by atoms with Crippen molar-refractivity contribution in [1.29, 1.82) is 5.26 Å². The fourth-order valence-corrected chi connectivity index (χ4v) is 2.71. The van der Waals surface area contributed by atoms with Crippen LogP contribution in [0.4, 0.5) is 5.82 Å². The van der Waals surface area contributed by atoms with E-state index in [2.05, 4.69) is 37.0 Å². The van der Waals surface area contributed by atoms with Crippen molar-refractivity contribution in [2.24, 2.45) is 0 Å². The lowest BCUT2D eigenvalue weighted by molar-refractivity contribution is 1.29. The van der Waals surface area contributed by atoms with E-state index in [1.807, 2.05) is 24.3 Å². The van der Waals surface area contributed by atoms with Crippen molar-refractivity contribution < 1.29 is 0 Å². The van der Waals surface area contributed by atoms with Crippen LogP contribution in [0, 0.1) is 25.2 Å². The Labute approximate surface area is 146 Å². The number of nitrogen functional groups attached to an aromatic ring is 1. The first-order valence-electron chi connectivity index (χ1n) is 7.54. The van der Waals surface area contributed by atoms with E-state index in [0.717, 1.165) is 22.4 Å². The maximum atomic E-state index is 9.46. The molecule has 0 bridgehead atoms. The Morgan fingerprint density at radius 1 is 0.958 bits per heavy atom. The summed E-state index contributed by atoms with van der Waals surface area (Å²) < 4.78 is 0. The largest absolute Gasteiger partial charge is 0.383 e. The minimum atomic E-state index is 0.234. The summed E-state index contributed by atoms with van der Waals surface area (Å²) in [6, 6.07) is 17.6. The predicted octanol–water partition coefficient (Wildman–Crippen LogP) is 5.14. The summed E-state index contributed by atoms with van der Waals surface area (Å²) in [7, 11) is 0. The number of rotatable bonds is 2. The Bertz CT molecular complexity index is 954. The van der Waals surface area contributed by atoms with Gasteiger partial charge in [0.05, 0.1) is 5.69 Å². The summed E-state index contributed by atoms with van der Waals surface area (Å²) in [5.74, 6) is 0.234. The smallest absolute Gasteiger partial charge is 0.142 e. The monoisotopic (exact) mass is 333 g/mol. The molecule has 2 N–H and O–H groups in total. The molecule has 0 saturated heterocycles. The molecular formula is C20H16ClN3. The molecule has 0 radical (unpaired) electrons. The molecule has 3 rings (SSSR count). The predicted molar refractivity (Wildman–Crippen MR) is 98.7 cm³/mol. The highest BCUT2D eigenvalue weighted by Crippen LogP contribution is 2.32. The number of hydrogen-bond donors (Lipinski definition) is 1. The third-order valence-corrected chi connectivity index (χ3v) is 4.37. The number of nitrogens with zero attached hydrogens (tertiary/aromatic N) is 2. The van der Waals surface area contributed by atoms with Crippen molar-refractivity contribution >= 4 is 17.4 Å². The first kappa shape index (κ1) is 16.0. The lowest BCUT2D eigenvalue weighted by atomic mass is 9.97. The Hall–Kier alpha value is -2.83. The zero-order valence-electron chi connectivity index (χ0n) is 13.5. The Balaban J connectivity index is 2.21. The van der Waals surface area contributed by atoms with Gasteiger partial charge in [0.25, 0.3) is 0 Å². The fourth-order valence-electron chi connectivity index (χ4n) is 2.59. The zero-order chi connectivity index (χ0) is 17.3. The van der Waals surface area contributed by atoms with Crippen molar-refractivity contribution in [1.82, 2.24) is 4.98 Å². The average molecular weight is 334 g/mol. The molecule has 4 heteroatoms. The van der Waals surface area contributed by atoms with Gasteiger partial charge in [-0.1, -0.05) is 35.9 Å². The quantitative estimate of drug-likeness (QED) is 0.706. The molecule has 118 valence electrons. The number of nitriles is 1. The standard InChI is InChI=1S/C20H16ClN3/c1-12-3-4-15(9-13(12)2)19-10-17(18(11-22)20(23)24-19)14-5-7-16(21)8-6-14/h3-10H,1-2H3,(H2,23,24). The van der Waals surface area contributed by atoms with Crippen LogP contribution in [0.15, 0.2) is 48.5 Å². The topological polar surface area (TPSA) is 62.7 Å². The van der Waals surface area contributed by atoms with E-state index in [-0.39, 0.29) is 5.82 Å². The van der Waals surface area contributed by atoms with Crippen molar-refractivity contribution in [3.63, 3.8) is 0 Å². The van der Waals surface area contributed by atoms with Gasteiger partial charge in [0.1, 0.15) is 17.5 Å². The van der Waals surface area contributed by atoms with Gasteiger partial charge < -0.3 is 5.73 Å². The second kappa shape index (κ2) is 6.35. The molecule has 1 aromatic heterocycles. The molecule has 0 aliphatic heterocycles. The van der Waals surface area contributed by atoms with E-state index in [9.17, 15) is 5.26 Å². The maximum Gasteiger partial charge on any atom is 0.142 e. The average Bonchev–Trinajstić information content (AvgIpc) is 2.57. The van der Waals surface area contributed by atoms with Gasteiger partial charge in [0.15, 0.2) is 0 Å². The minimum absolute atomic E-state index is 0.234. The number of aryl methyl sites for hydroxylation is 2.